The monoisotopic (exact) mass is 460 g/mol. The van der Waals surface area contributed by atoms with Crippen LogP contribution in [-0.4, -0.2) is 37.3 Å². The summed E-state index contributed by atoms with van der Waals surface area (Å²) in [5.74, 6) is 0.0224. The largest absolute Gasteiger partial charge is 0.374 e. The van der Waals surface area contributed by atoms with Crippen LogP contribution in [0.5, 0.6) is 0 Å². The fraction of sp³-hybridized carbons (Fsp3) is 0.379. The van der Waals surface area contributed by atoms with Crippen molar-refractivity contribution in [2.75, 3.05) is 13.2 Å². The van der Waals surface area contributed by atoms with E-state index in [2.05, 4.69) is 43.3 Å². The second kappa shape index (κ2) is 10.8. The minimum absolute atomic E-state index is 0.0224. The first-order chi connectivity index (χ1) is 16.7. The zero-order valence-corrected chi connectivity index (χ0v) is 19.5. The molecule has 0 N–H and O–H groups in total. The summed E-state index contributed by atoms with van der Waals surface area (Å²) in [7, 11) is 0. The fourth-order valence-corrected chi connectivity index (χ4v) is 4.75. The summed E-state index contributed by atoms with van der Waals surface area (Å²) in [6.07, 6.45) is -0.857. The minimum Gasteiger partial charge on any atom is -0.374 e. The van der Waals surface area contributed by atoms with Gasteiger partial charge in [-0.25, -0.2) is 0 Å². The van der Waals surface area contributed by atoms with E-state index in [9.17, 15) is 0 Å². The number of fused-ring (bicyclic) bond motifs is 2. The van der Waals surface area contributed by atoms with Crippen molar-refractivity contribution in [3.63, 3.8) is 0 Å². The smallest absolute Gasteiger partial charge is 0.163 e. The summed E-state index contributed by atoms with van der Waals surface area (Å²) in [5, 5.41) is 0. The Labute approximate surface area is 201 Å². The van der Waals surface area contributed by atoms with Gasteiger partial charge in [0.1, 0.15) is 11.7 Å². The Morgan fingerprint density at radius 1 is 0.735 bits per heavy atom. The molecule has 0 radical (unpaired) electrons. The standard InChI is InChI=1S/C29H32O5/c1-22-26(31-18-24-13-7-3-8-14-24)27(32-19-25-15-9-4-10-16-25)29(21-33-28(22)34-29)20-30-17-23-11-5-2-6-12-23/h2-16,22,26-28H,17-21H2,1H3/t22-,26-,27-,28+,29+/m1/s1. The van der Waals surface area contributed by atoms with Gasteiger partial charge in [0.25, 0.3) is 0 Å². The lowest BCUT2D eigenvalue weighted by Gasteiger charge is -2.45. The summed E-state index contributed by atoms with van der Waals surface area (Å²) in [6.45, 7) is 4.39. The average molecular weight is 461 g/mol. The van der Waals surface area contributed by atoms with Gasteiger partial charge in [-0.2, -0.15) is 0 Å². The van der Waals surface area contributed by atoms with Crippen molar-refractivity contribution in [2.45, 2.75) is 50.8 Å². The van der Waals surface area contributed by atoms with Crippen molar-refractivity contribution in [1.82, 2.24) is 0 Å². The van der Waals surface area contributed by atoms with Crippen LogP contribution in [0, 0.1) is 5.92 Å². The Kier molecular flexibility index (Phi) is 7.38. The predicted octanol–water partition coefficient (Wildman–Crippen LogP) is 5.14. The molecule has 2 saturated heterocycles. The van der Waals surface area contributed by atoms with Crippen molar-refractivity contribution in [3.8, 4) is 0 Å². The zero-order valence-electron chi connectivity index (χ0n) is 19.5. The molecule has 0 unspecified atom stereocenters. The lowest BCUT2D eigenvalue weighted by Crippen LogP contribution is -2.62. The number of benzene rings is 3. The maximum Gasteiger partial charge on any atom is 0.163 e. The van der Waals surface area contributed by atoms with Crippen LogP contribution in [0.3, 0.4) is 0 Å². The van der Waals surface area contributed by atoms with E-state index in [1.807, 2.05) is 54.6 Å². The molecule has 5 atom stereocenters. The molecule has 0 aromatic heterocycles. The van der Waals surface area contributed by atoms with Gasteiger partial charge in [0.05, 0.1) is 39.1 Å². The summed E-state index contributed by atoms with van der Waals surface area (Å²) in [6, 6.07) is 30.6. The second-order valence-corrected chi connectivity index (χ2v) is 9.18. The van der Waals surface area contributed by atoms with Crippen molar-refractivity contribution < 1.29 is 23.7 Å². The lowest BCUT2D eigenvalue weighted by atomic mass is 9.85. The molecule has 2 bridgehead atoms. The van der Waals surface area contributed by atoms with E-state index >= 15 is 0 Å². The molecule has 0 aliphatic carbocycles. The van der Waals surface area contributed by atoms with Gasteiger partial charge in [0, 0.05) is 5.92 Å². The van der Waals surface area contributed by atoms with Gasteiger partial charge in [-0.1, -0.05) is 97.9 Å². The van der Waals surface area contributed by atoms with E-state index in [4.69, 9.17) is 23.7 Å². The molecule has 34 heavy (non-hydrogen) atoms. The maximum absolute atomic E-state index is 6.57. The van der Waals surface area contributed by atoms with E-state index in [1.54, 1.807) is 0 Å². The van der Waals surface area contributed by atoms with Crippen molar-refractivity contribution in [2.24, 2.45) is 5.92 Å². The van der Waals surface area contributed by atoms with E-state index < -0.39 is 5.60 Å². The van der Waals surface area contributed by atoms with Gasteiger partial charge >= 0.3 is 0 Å². The summed E-state index contributed by atoms with van der Waals surface area (Å²) < 4.78 is 31.8. The van der Waals surface area contributed by atoms with Crippen LogP contribution in [0.25, 0.3) is 0 Å². The van der Waals surface area contributed by atoms with Crippen molar-refractivity contribution in [3.05, 3.63) is 108 Å². The average Bonchev–Trinajstić information content (AvgIpc) is 3.28. The molecule has 2 aliphatic rings. The Hall–Kier alpha value is -2.54. The quantitative estimate of drug-likeness (QED) is 0.420. The number of hydrogen-bond acceptors (Lipinski definition) is 5. The Balaban J connectivity index is 1.34. The number of ether oxygens (including phenoxy) is 5. The Morgan fingerprint density at radius 2 is 1.26 bits per heavy atom. The molecule has 2 fully saturated rings. The molecule has 3 aromatic carbocycles. The summed E-state index contributed by atoms with van der Waals surface area (Å²) in [4.78, 5) is 0. The first kappa shape index (κ1) is 23.2. The molecule has 0 spiro atoms. The molecule has 5 nitrogen and oxygen atoms in total. The van der Waals surface area contributed by atoms with Gasteiger partial charge in [0.2, 0.25) is 0 Å². The van der Waals surface area contributed by atoms with E-state index in [0.717, 1.165) is 16.7 Å². The van der Waals surface area contributed by atoms with Crippen molar-refractivity contribution in [1.29, 1.82) is 0 Å². The highest BCUT2D eigenvalue weighted by Crippen LogP contribution is 2.43. The minimum atomic E-state index is -0.720. The first-order valence-electron chi connectivity index (χ1n) is 12.0. The highest BCUT2D eigenvalue weighted by molar-refractivity contribution is 5.16. The molecule has 2 heterocycles. The third-order valence-electron chi connectivity index (χ3n) is 6.62. The van der Waals surface area contributed by atoms with Gasteiger partial charge in [-0.3, -0.25) is 0 Å². The highest BCUT2D eigenvalue weighted by Gasteiger charge is 2.60. The predicted molar refractivity (Wildman–Crippen MR) is 129 cm³/mol. The van der Waals surface area contributed by atoms with Crippen LogP contribution in [-0.2, 0) is 43.5 Å². The topological polar surface area (TPSA) is 46.2 Å². The second-order valence-electron chi connectivity index (χ2n) is 9.18. The molecule has 178 valence electrons. The van der Waals surface area contributed by atoms with Crippen LogP contribution in [0.15, 0.2) is 91.0 Å². The van der Waals surface area contributed by atoms with E-state index in [-0.39, 0.29) is 24.4 Å². The number of hydrogen-bond donors (Lipinski definition) is 0. The van der Waals surface area contributed by atoms with Crippen LogP contribution < -0.4 is 0 Å². The van der Waals surface area contributed by atoms with Gasteiger partial charge in [-0.05, 0) is 16.7 Å². The Bertz CT molecular complexity index is 1010. The van der Waals surface area contributed by atoms with Gasteiger partial charge < -0.3 is 23.7 Å². The zero-order chi connectivity index (χ0) is 23.2. The highest BCUT2D eigenvalue weighted by atomic mass is 16.8. The van der Waals surface area contributed by atoms with Crippen molar-refractivity contribution >= 4 is 0 Å². The molecule has 5 heteroatoms. The summed E-state index contributed by atoms with van der Waals surface area (Å²) >= 11 is 0. The van der Waals surface area contributed by atoms with E-state index in [0.29, 0.717) is 33.0 Å². The molecule has 0 saturated carbocycles. The molecule has 5 rings (SSSR count). The SMILES string of the molecule is C[C@H]1[C@H]2OC[C@](COCc3ccccc3)(O2)[C@H](OCc2ccccc2)[C@@H]1OCc1ccccc1. The third kappa shape index (κ3) is 5.24. The fourth-order valence-electron chi connectivity index (χ4n) is 4.75. The molecular weight excluding hydrogens is 428 g/mol. The lowest BCUT2D eigenvalue weighted by molar-refractivity contribution is -0.274. The third-order valence-corrected chi connectivity index (χ3v) is 6.62. The Morgan fingerprint density at radius 3 is 1.85 bits per heavy atom. The summed E-state index contributed by atoms with van der Waals surface area (Å²) in [5.41, 5.74) is 2.64. The maximum atomic E-state index is 6.57. The normalized spacial score (nSPS) is 28.1. The molecule has 3 aromatic rings. The van der Waals surface area contributed by atoms with Crippen LogP contribution in [0.1, 0.15) is 23.6 Å². The molecular formula is C29H32O5. The van der Waals surface area contributed by atoms with Gasteiger partial charge in [0.15, 0.2) is 6.29 Å². The molecule has 0 amide bonds. The van der Waals surface area contributed by atoms with Crippen LogP contribution >= 0.6 is 0 Å². The molecule has 2 aliphatic heterocycles. The van der Waals surface area contributed by atoms with Gasteiger partial charge in [-0.15, -0.1) is 0 Å². The van der Waals surface area contributed by atoms with E-state index in [1.165, 1.54) is 0 Å². The number of rotatable bonds is 10. The van der Waals surface area contributed by atoms with Crippen LogP contribution in [0.4, 0.5) is 0 Å². The first-order valence-corrected chi connectivity index (χ1v) is 12.0. The van der Waals surface area contributed by atoms with Crippen LogP contribution in [0.2, 0.25) is 0 Å².